The molecule has 1 aromatic heterocycles. The van der Waals surface area contributed by atoms with Crippen LogP contribution in [0.25, 0.3) is 0 Å². The summed E-state index contributed by atoms with van der Waals surface area (Å²) in [7, 11) is 1.79. The van der Waals surface area contributed by atoms with Crippen LogP contribution in [0.3, 0.4) is 0 Å². The summed E-state index contributed by atoms with van der Waals surface area (Å²) in [4.78, 5) is 17.8. The first kappa shape index (κ1) is 11.3. The standard InChI is InChI=1S/C14H14N2O/c1-16(11-12-6-5-9-15-10-12)14(17)13-7-3-2-4-8-13/h2-10H,11H2,1H3. The van der Waals surface area contributed by atoms with E-state index in [1.165, 1.54) is 0 Å². The van der Waals surface area contributed by atoms with Gasteiger partial charge >= 0.3 is 0 Å². The number of hydrogen-bond acceptors (Lipinski definition) is 2. The van der Waals surface area contributed by atoms with E-state index < -0.39 is 0 Å². The molecule has 1 aromatic carbocycles. The second kappa shape index (κ2) is 5.25. The van der Waals surface area contributed by atoms with Gasteiger partial charge in [0.05, 0.1) is 0 Å². The van der Waals surface area contributed by atoms with Crippen molar-refractivity contribution in [2.75, 3.05) is 7.05 Å². The van der Waals surface area contributed by atoms with E-state index in [2.05, 4.69) is 4.98 Å². The van der Waals surface area contributed by atoms with E-state index in [0.29, 0.717) is 12.1 Å². The summed E-state index contributed by atoms with van der Waals surface area (Å²) in [6, 6.07) is 13.1. The molecular weight excluding hydrogens is 212 g/mol. The zero-order valence-corrected chi connectivity index (χ0v) is 9.71. The summed E-state index contributed by atoms with van der Waals surface area (Å²) in [5.74, 6) is 0.0226. The Kier molecular flexibility index (Phi) is 3.50. The first-order chi connectivity index (χ1) is 8.27. The Labute approximate surface area is 101 Å². The molecule has 0 atom stereocenters. The van der Waals surface area contributed by atoms with Crippen LogP contribution in [0.5, 0.6) is 0 Å². The Balaban J connectivity index is 2.06. The van der Waals surface area contributed by atoms with Crippen molar-refractivity contribution in [1.29, 1.82) is 0 Å². The molecule has 0 aliphatic rings. The van der Waals surface area contributed by atoms with Crippen LogP contribution >= 0.6 is 0 Å². The quantitative estimate of drug-likeness (QED) is 0.805. The lowest BCUT2D eigenvalue weighted by Gasteiger charge is -2.16. The van der Waals surface area contributed by atoms with Crippen LogP contribution < -0.4 is 0 Å². The van der Waals surface area contributed by atoms with E-state index in [1.54, 1.807) is 24.3 Å². The monoisotopic (exact) mass is 226 g/mol. The molecule has 0 unspecified atom stereocenters. The predicted molar refractivity (Wildman–Crippen MR) is 66.5 cm³/mol. The largest absolute Gasteiger partial charge is 0.337 e. The average Bonchev–Trinajstić information content (AvgIpc) is 2.40. The molecule has 3 nitrogen and oxygen atoms in total. The van der Waals surface area contributed by atoms with Crippen LogP contribution in [0.2, 0.25) is 0 Å². The Morgan fingerprint density at radius 3 is 2.59 bits per heavy atom. The molecule has 0 radical (unpaired) electrons. The van der Waals surface area contributed by atoms with Crippen LogP contribution in [0.15, 0.2) is 54.9 Å². The van der Waals surface area contributed by atoms with Gasteiger partial charge in [0.15, 0.2) is 0 Å². The van der Waals surface area contributed by atoms with E-state index in [1.807, 2.05) is 42.5 Å². The third-order valence-electron chi connectivity index (χ3n) is 2.51. The van der Waals surface area contributed by atoms with Gasteiger partial charge < -0.3 is 4.90 Å². The molecule has 2 aromatic rings. The van der Waals surface area contributed by atoms with E-state index >= 15 is 0 Å². The summed E-state index contributed by atoms with van der Waals surface area (Å²) in [5, 5.41) is 0. The highest BCUT2D eigenvalue weighted by Gasteiger charge is 2.10. The van der Waals surface area contributed by atoms with Gasteiger partial charge in [0.25, 0.3) is 5.91 Å². The number of pyridine rings is 1. The summed E-state index contributed by atoms with van der Waals surface area (Å²) < 4.78 is 0. The summed E-state index contributed by atoms with van der Waals surface area (Å²) >= 11 is 0. The zero-order chi connectivity index (χ0) is 12.1. The lowest BCUT2D eigenvalue weighted by Crippen LogP contribution is -2.26. The summed E-state index contributed by atoms with van der Waals surface area (Å²) in [6.45, 7) is 0.571. The van der Waals surface area contributed by atoms with Crippen molar-refractivity contribution < 1.29 is 4.79 Å². The highest BCUT2D eigenvalue weighted by Crippen LogP contribution is 2.07. The average molecular weight is 226 g/mol. The second-order valence-corrected chi connectivity index (χ2v) is 3.89. The lowest BCUT2D eigenvalue weighted by atomic mass is 10.2. The van der Waals surface area contributed by atoms with Crippen LogP contribution in [-0.2, 0) is 6.54 Å². The number of amides is 1. The van der Waals surface area contributed by atoms with E-state index in [4.69, 9.17) is 0 Å². The van der Waals surface area contributed by atoms with Crippen molar-refractivity contribution in [3.8, 4) is 0 Å². The molecule has 0 aliphatic carbocycles. The molecule has 0 N–H and O–H groups in total. The molecule has 0 fully saturated rings. The van der Waals surface area contributed by atoms with Gasteiger partial charge in [-0.2, -0.15) is 0 Å². The number of rotatable bonds is 3. The van der Waals surface area contributed by atoms with E-state index in [-0.39, 0.29) is 5.91 Å². The van der Waals surface area contributed by atoms with Gasteiger partial charge in [0, 0.05) is 31.5 Å². The van der Waals surface area contributed by atoms with Crippen LogP contribution in [0.4, 0.5) is 0 Å². The lowest BCUT2D eigenvalue weighted by molar-refractivity contribution is 0.0785. The first-order valence-electron chi connectivity index (χ1n) is 5.47. The fourth-order valence-corrected chi connectivity index (χ4v) is 1.64. The molecule has 1 amide bonds. The van der Waals surface area contributed by atoms with Gasteiger partial charge in [-0.1, -0.05) is 24.3 Å². The van der Waals surface area contributed by atoms with Gasteiger partial charge in [-0.25, -0.2) is 0 Å². The van der Waals surface area contributed by atoms with Crippen LogP contribution in [0, 0.1) is 0 Å². The van der Waals surface area contributed by atoms with Gasteiger partial charge in [-0.05, 0) is 23.8 Å². The number of hydrogen-bond donors (Lipinski definition) is 0. The van der Waals surface area contributed by atoms with Gasteiger partial charge in [0.2, 0.25) is 0 Å². The molecule has 2 rings (SSSR count). The predicted octanol–water partition coefficient (Wildman–Crippen LogP) is 2.35. The topological polar surface area (TPSA) is 33.2 Å². The van der Waals surface area contributed by atoms with Crippen molar-refractivity contribution in [2.45, 2.75) is 6.54 Å². The summed E-state index contributed by atoms with van der Waals surface area (Å²) in [5.41, 5.74) is 1.73. The minimum Gasteiger partial charge on any atom is -0.337 e. The molecule has 0 saturated heterocycles. The molecule has 1 heterocycles. The number of aromatic nitrogens is 1. The smallest absolute Gasteiger partial charge is 0.253 e. The molecular formula is C14H14N2O. The Morgan fingerprint density at radius 2 is 1.94 bits per heavy atom. The highest BCUT2D eigenvalue weighted by atomic mass is 16.2. The maximum atomic E-state index is 12.1. The first-order valence-corrected chi connectivity index (χ1v) is 5.47. The van der Waals surface area contributed by atoms with Crippen molar-refractivity contribution in [3.63, 3.8) is 0 Å². The van der Waals surface area contributed by atoms with Crippen molar-refractivity contribution >= 4 is 5.91 Å². The van der Waals surface area contributed by atoms with Crippen molar-refractivity contribution in [2.24, 2.45) is 0 Å². The number of carbonyl (C=O) groups is 1. The minimum atomic E-state index is 0.0226. The van der Waals surface area contributed by atoms with Crippen molar-refractivity contribution in [1.82, 2.24) is 9.88 Å². The fraction of sp³-hybridized carbons (Fsp3) is 0.143. The molecule has 17 heavy (non-hydrogen) atoms. The Morgan fingerprint density at radius 1 is 1.18 bits per heavy atom. The third kappa shape index (κ3) is 2.91. The third-order valence-corrected chi connectivity index (χ3v) is 2.51. The SMILES string of the molecule is CN(Cc1cccnc1)C(=O)c1ccccc1. The number of benzene rings is 1. The van der Waals surface area contributed by atoms with Crippen molar-refractivity contribution in [3.05, 3.63) is 66.0 Å². The van der Waals surface area contributed by atoms with E-state index in [0.717, 1.165) is 5.56 Å². The molecule has 0 aliphatic heterocycles. The Hall–Kier alpha value is -2.16. The normalized spacial score (nSPS) is 9.94. The molecule has 0 spiro atoms. The van der Waals surface area contributed by atoms with Gasteiger partial charge in [-0.3, -0.25) is 9.78 Å². The fourth-order valence-electron chi connectivity index (χ4n) is 1.64. The number of carbonyl (C=O) groups excluding carboxylic acids is 1. The van der Waals surface area contributed by atoms with E-state index in [9.17, 15) is 4.79 Å². The van der Waals surface area contributed by atoms with Crippen LogP contribution in [-0.4, -0.2) is 22.8 Å². The molecule has 0 bridgehead atoms. The maximum absolute atomic E-state index is 12.1. The number of nitrogens with zero attached hydrogens (tertiary/aromatic N) is 2. The minimum absolute atomic E-state index is 0.0226. The molecule has 3 heteroatoms. The highest BCUT2D eigenvalue weighted by molar-refractivity contribution is 5.93. The van der Waals surface area contributed by atoms with Gasteiger partial charge in [0.1, 0.15) is 0 Å². The zero-order valence-electron chi connectivity index (χ0n) is 9.71. The Bertz CT molecular complexity index is 482. The summed E-state index contributed by atoms with van der Waals surface area (Å²) in [6.07, 6.45) is 3.50. The second-order valence-electron chi connectivity index (χ2n) is 3.89. The van der Waals surface area contributed by atoms with Gasteiger partial charge in [-0.15, -0.1) is 0 Å². The maximum Gasteiger partial charge on any atom is 0.253 e. The van der Waals surface area contributed by atoms with Crippen LogP contribution in [0.1, 0.15) is 15.9 Å². The molecule has 86 valence electrons. The molecule has 0 saturated carbocycles.